The van der Waals surface area contributed by atoms with Gasteiger partial charge >= 0.3 is 5.97 Å². The topological polar surface area (TPSA) is 851 Å². The molecule has 7 aliphatic heterocycles. The molecule has 31 N–H and O–H groups in total. The van der Waals surface area contributed by atoms with Crippen LogP contribution in [0.1, 0.15) is 102 Å². The first-order valence-electron chi connectivity index (χ1n) is 42.8. The largest absolute Gasteiger partial charge is 0.480 e. The van der Waals surface area contributed by atoms with Gasteiger partial charge in [0.1, 0.15) is 183 Å². The minimum absolute atomic E-state index is 0.00905. The van der Waals surface area contributed by atoms with Gasteiger partial charge in [-0.25, -0.2) is 0 Å². The summed E-state index contributed by atoms with van der Waals surface area (Å²) in [6.45, 7) is 5.41. The van der Waals surface area contributed by atoms with Gasteiger partial charge in [0.15, 0.2) is 31.5 Å². The van der Waals surface area contributed by atoms with E-state index in [-0.39, 0.29) is 38.8 Å². The number of carbonyl (C=O) groups excluding carboxylic acids is 12. The van der Waals surface area contributed by atoms with Crippen molar-refractivity contribution in [3.05, 3.63) is 0 Å². The summed E-state index contributed by atoms with van der Waals surface area (Å²) in [7, 11) is 0. The highest BCUT2D eigenvalue weighted by Crippen LogP contribution is 2.36. The SMILES string of the molecule is CC(=O)N[C@H]1[C@H](OC[C@H]2O[C@H](O[C@H](C)[C@H](NC(=O)[C@@H]3CCCN3C(=O)[C@@H](NC(=O)[C@@H](NC(=O)[C@@H](NC(=O)[C@@H](NC(=O)[C@@H](N)[C@@H](C)O)[C@@H](C)O)[C@@H](C)O[C@H]3O[C@H](CO)[C@H](O)[C@H](O[C@@H]4O[C@H](CO)[C@H](O)[C@H](O)[C@H]4O)[C@H]3NC(C)=O)C(C)C)[C@@H](C)O)C(=O)N3CCC[C@H]3C(=O)N[C@H](C(=O)NCC(=O)O)[C@@H](C)O)[C@H](NC(C)=O)[C@@H](O[C@@H]3O[C@H](CO)[C@H](O)[C@H](O)[C@H]3O)[C@H]2O)O[C@H](CO)[C@@H](O)[C@@H]1O. The summed E-state index contributed by atoms with van der Waals surface area (Å²) in [5.41, 5.74) is 5.84. The second-order valence-corrected chi connectivity index (χ2v) is 33.9. The zero-order chi connectivity index (χ0) is 99.0. The molecule has 0 unspecified atom stereocenters. The first-order valence-corrected chi connectivity index (χ1v) is 42.8. The first kappa shape index (κ1) is 111. The molecule has 40 atom stereocenters. The summed E-state index contributed by atoms with van der Waals surface area (Å²) in [6.07, 6.45) is -54.8. The molecule has 0 aliphatic carbocycles. The monoisotopic (exact) mass is 1910 g/mol. The van der Waals surface area contributed by atoms with Crippen molar-refractivity contribution in [3.8, 4) is 0 Å². The van der Waals surface area contributed by atoms with Crippen molar-refractivity contribution in [1.29, 1.82) is 0 Å². The number of nitrogens with two attached hydrogens (primary N) is 1. The number of aliphatic hydroxyl groups excluding tert-OH is 18. The van der Waals surface area contributed by atoms with Crippen molar-refractivity contribution in [2.75, 3.05) is 52.7 Å². The van der Waals surface area contributed by atoms with Crippen LogP contribution in [0, 0.1) is 5.92 Å². The lowest BCUT2D eigenvalue weighted by Gasteiger charge is -2.48. The van der Waals surface area contributed by atoms with Gasteiger partial charge in [0.05, 0.1) is 69.7 Å². The van der Waals surface area contributed by atoms with E-state index in [9.17, 15) is 135 Å². The van der Waals surface area contributed by atoms with Gasteiger partial charge < -0.3 is 213 Å². The zero-order valence-electron chi connectivity index (χ0n) is 74.0. The second kappa shape index (κ2) is 49.6. The summed E-state index contributed by atoms with van der Waals surface area (Å²) in [4.78, 5) is 184. The Labute approximate surface area is 754 Å². The Balaban J connectivity index is 1.25. The van der Waals surface area contributed by atoms with Crippen LogP contribution in [0.15, 0.2) is 0 Å². The lowest BCUT2D eigenvalue weighted by Crippen LogP contribution is -2.69. The molecule has 0 saturated carbocycles. The third-order valence-corrected chi connectivity index (χ3v) is 23.3. The number of nitrogens with one attached hydrogen (secondary N) is 10. The van der Waals surface area contributed by atoms with Crippen molar-refractivity contribution in [3.63, 3.8) is 0 Å². The Kier molecular flexibility index (Phi) is 41.7. The predicted molar refractivity (Wildman–Crippen MR) is 433 cm³/mol. The molecule has 7 saturated heterocycles. The Morgan fingerprint density at radius 1 is 0.386 bits per heavy atom. The maximum atomic E-state index is 15.8. The maximum absolute atomic E-state index is 15.8. The molecule has 0 aromatic rings. The molecule has 55 nitrogen and oxygen atoms in total. The van der Waals surface area contributed by atoms with E-state index < -0.39 is 367 Å². The molecule has 7 heterocycles. The van der Waals surface area contributed by atoms with E-state index in [4.69, 9.17) is 53.1 Å². The van der Waals surface area contributed by atoms with Crippen LogP contribution in [0.3, 0.4) is 0 Å². The van der Waals surface area contributed by atoms with Crippen molar-refractivity contribution in [2.45, 2.75) is 346 Å². The number of likely N-dealkylation sites (tertiary alicyclic amines) is 2. The molecule has 0 radical (unpaired) electrons. The number of carboxylic acids is 1. The fraction of sp³-hybridized carbons (Fsp3) is 0.831. The van der Waals surface area contributed by atoms with E-state index >= 15 is 24.0 Å². The summed E-state index contributed by atoms with van der Waals surface area (Å²) in [6, 6.07) is -22.8. The number of aliphatic carboxylic acids is 1. The molecular formula is C77H129N13O42. The van der Waals surface area contributed by atoms with Gasteiger partial charge in [0, 0.05) is 33.9 Å². The number of aliphatic hydroxyl groups is 18. The minimum atomic E-state index is -2.24. The quantitative estimate of drug-likeness (QED) is 0.0270. The van der Waals surface area contributed by atoms with Gasteiger partial charge in [-0.1, -0.05) is 13.8 Å². The summed E-state index contributed by atoms with van der Waals surface area (Å²) in [5.74, 6) is -16.6. The summed E-state index contributed by atoms with van der Waals surface area (Å²) >= 11 is 0. The minimum Gasteiger partial charge on any atom is -0.480 e. The van der Waals surface area contributed by atoms with Crippen molar-refractivity contribution >= 4 is 76.9 Å². The van der Waals surface area contributed by atoms with Gasteiger partial charge in [-0.15, -0.1) is 0 Å². The first-order chi connectivity index (χ1) is 61.9. The normalized spacial score (nSPS) is 34.4. The van der Waals surface area contributed by atoms with Crippen molar-refractivity contribution < 1.29 is 207 Å². The maximum Gasteiger partial charge on any atom is 0.322 e. The van der Waals surface area contributed by atoms with E-state index in [2.05, 4.69) is 47.9 Å². The van der Waals surface area contributed by atoms with Gasteiger partial charge in [-0.2, -0.15) is 0 Å². The second-order valence-electron chi connectivity index (χ2n) is 33.9. The number of rotatable bonds is 42. The van der Waals surface area contributed by atoms with E-state index in [0.717, 1.165) is 72.1 Å². The standard InChI is InChI=1S/C77H129N13O42/c1-24(2)43(83-70(120)47(87-69(119)45(27(5)97)85-66(116)42(78)25(3)95)29(7)124-74-50(81-32(10)100)62(55(107)39(22-94)127-74)131-76-60(112)58(110)53(105)37(20-92)128-76)68(118)86-46(28(6)98)71(121)89-16-12-15-35(89)65(115)88-48(72(122)90-17-13-14-34(90)64(114)84-44(26(4)96)67(117)79-18-41(102)103)30(8)125-75-51(82-33(11)101)63(132-77-61(113)59(111)54(106)38(21-93)129-77)56(108)40(130-75)23-123-73-49(80-31(9)99)57(109)52(104)36(19-91)126-73/h24-30,34-40,42-63,73-77,91-98,104-113H,12-23,78H2,1-11H3,(H,79,117)(H,80,99)(H,81,100)(H,82,101)(H,83,120)(H,84,114)(H,85,116)(H,86,118)(H,87,119)(H,88,115)(H,102,103)/t25-,26-,27-,28-,29-,30-,34+,35+,36-,37-,38-,39-,40-,42+,43+,44+,45+,46+,47+,48+,49-,50-,51-,52-,53+,54+,55+,56+,57-,58+,59+,60-,61-,62-,63-,73-,74+,75+,76+,77+/m1/s1. The molecule has 7 rings (SSSR count). The van der Waals surface area contributed by atoms with Crippen LogP contribution in [-0.4, -0.2) is 481 Å². The van der Waals surface area contributed by atoms with E-state index in [0.29, 0.717) is 0 Å². The Morgan fingerprint density at radius 2 is 0.735 bits per heavy atom. The molecule has 132 heavy (non-hydrogen) atoms. The smallest absolute Gasteiger partial charge is 0.322 e. The number of hydrogen-bond acceptors (Lipinski definition) is 42. The van der Waals surface area contributed by atoms with Gasteiger partial charge in [-0.05, 0) is 73.1 Å². The number of nitrogens with zero attached hydrogens (tertiary/aromatic N) is 2. The molecule has 0 bridgehead atoms. The van der Waals surface area contributed by atoms with Crippen LogP contribution >= 0.6 is 0 Å². The van der Waals surface area contributed by atoms with Crippen LogP contribution < -0.4 is 58.9 Å². The number of carbonyl (C=O) groups is 13. The molecule has 7 fully saturated rings. The molecule has 7 aliphatic rings. The highest BCUT2D eigenvalue weighted by atomic mass is 16.8. The average Bonchev–Trinajstić information content (AvgIpc) is 0.918. The van der Waals surface area contributed by atoms with Crippen LogP contribution in [-0.2, 0) is 110 Å². The third-order valence-electron chi connectivity index (χ3n) is 23.3. The van der Waals surface area contributed by atoms with Crippen molar-refractivity contribution in [1.82, 2.24) is 63.0 Å². The fourth-order valence-electron chi connectivity index (χ4n) is 15.9. The Morgan fingerprint density at radius 3 is 1.16 bits per heavy atom. The zero-order valence-corrected chi connectivity index (χ0v) is 74.0. The van der Waals surface area contributed by atoms with Crippen LogP contribution in [0.25, 0.3) is 0 Å². The summed E-state index contributed by atoms with van der Waals surface area (Å²) in [5, 5.41) is 228. The molecular weight excluding hydrogens is 1780 g/mol. The number of ether oxygens (including phenoxy) is 10. The Hall–Kier alpha value is -8.05. The number of amides is 12. The van der Waals surface area contributed by atoms with Gasteiger partial charge in [0.2, 0.25) is 70.9 Å². The van der Waals surface area contributed by atoms with Gasteiger partial charge in [0.25, 0.3) is 0 Å². The highest BCUT2D eigenvalue weighted by molar-refractivity contribution is 5.99. The van der Waals surface area contributed by atoms with Crippen LogP contribution in [0.5, 0.6) is 0 Å². The third kappa shape index (κ3) is 27.7. The van der Waals surface area contributed by atoms with E-state index in [1.165, 1.54) is 13.8 Å². The van der Waals surface area contributed by atoms with Gasteiger partial charge in [-0.3, -0.25) is 62.3 Å². The molecule has 12 amide bonds. The van der Waals surface area contributed by atoms with E-state index in [1.54, 1.807) is 0 Å². The molecule has 754 valence electrons. The lowest BCUT2D eigenvalue weighted by molar-refractivity contribution is -0.352. The Bertz CT molecular complexity index is 3880. The molecule has 0 aromatic heterocycles. The van der Waals surface area contributed by atoms with Crippen LogP contribution in [0.2, 0.25) is 0 Å². The molecule has 0 spiro atoms. The van der Waals surface area contributed by atoms with Crippen LogP contribution in [0.4, 0.5) is 0 Å². The number of carboxylic acid groups (broad SMARTS) is 1. The highest BCUT2D eigenvalue weighted by Gasteiger charge is 2.58. The molecule has 55 heteroatoms. The van der Waals surface area contributed by atoms with Crippen molar-refractivity contribution in [2.24, 2.45) is 11.7 Å². The number of hydrogen-bond donors (Lipinski definition) is 30. The fourth-order valence-corrected chi connectivity index (χ4v) is 15.9. The predicted octanol–water partition coefficient (Wildman–Crippen LogP) is -18.1. The average molecular weight is 1910 g/mol. The van der Waals surface area contributed by atoms with E-state index in [1.807, 2.05) is 5.32 Å². The lowest BCUT2D eigenvalue weighted by atomic mass is 9.94. The summed E-state index contributed by atoms with van der Waals surface area (Å²) < 4.78 is 59.9. The molecule has 0 aromatic carbocycles.